The topological polar surface area (TPSA) is 30.7 Å². The fourth-order valence-corrected chi connectivity index (χ4v) is 5.58. The molecule has 0 saturated carbocycles. The Hall–Kier alpha value is -5.02. The molecule has 0 radical (unpaired) electrons. The van der Waals surface area contributed by atoms with Crippen LogP contribution in [0.3, 0.4) is 0 Å². The number of aromatic nitrogens is 3. The standard InChI is InChI=1S/C36H27N3/c1-24-12-6-7-15-29(24)34-25(2)37-35(36(38-34)26-13-4-3-5-14-26)27-20-22-28(23-21-27)39-32-18-10-8-16-30(32)31-17-9-11-19-33(31)39/h3-23H,1-2H3. The fraction of sp³-hybridized carbons (Fsp3) is 0.0556. The molecule has 2 heterocycles. The molecule has 0 spiro atoms. The molecule has 0 aliphatic carbocycles. The van der Waals surface area contributed by atoms with E-state index in [1.165, 1.54) is 27.4 Å². The molecule has 0 unspecified atom stereocenters. The van der Waals surface area contributed by atoms with Crippen LogP contribution >= 0.6 is 0 Å². The van der Waals surface area contributed by atoms with Crippen LogP contribution in [0.4, 0.5) is 0 Å². The van der Waals surface area contributed by atoms with Crippen molar-refractivity contribution in [1.29, 1.82) is 0 Å². The van der Waals surface area contributed by atoms with Crippen LogP contribution in [-0.4, -0.2) is 14.5 Å². The summed E-state index contributed by atoms with van der Waals surface area (Å²) in [7, 11) is 0. The molecule has 0 amide bonds. The molecule has 7 aromatic rings. The van der Waals surface area contributed by atoms with E-state index in [1.807, 2.05) is 6.07 Å². The van der Waals surface area contributed by atoms with Crippen molar-refractivity contribution in [1.82, 2.24) is 14.5 Å². The second kappa shape index (κ2) is 9.38. The number of nitrogens with zero attached hydrogens (tertiary/aromatic N) is 3. The third kappa shape index (κ3) is 3.91. The van der Waals surface area contributed by atoms with Gasteiger partial charge in [0.1, 0.15) is 0 Å². The summed E-state index contributed by atoms with van der Waals surface area (Å²) in [6, 6.07) is 44.6. The van der Waals surface area contributed by atoms with E-state index in [-0.39, 0.29) is 0 Å². The van der Waals surface area contributed by atoms with Crippen LogP contribution < -0.4 is 0 Å². The highest BCUT2D eigenvalue weighted by atomic mass is 15.0. The van der Waals surface area contributed by atoms with Crippen LogP contribution in [0.5, 0.6) is 0 Å². The minimum absolute atomic E-state index is 0.893. The maximum absolute atomic E-state index is 5.24. The van der Waals surface area contributed by atoms with Crippen LogP contribution in [0.25, 0.3) is 61.3 Å². The van der Waals surface area contributed by atoms with Gasteiger partial charge in [0.2, 0.25) is 0 Å². The summed E-state index contributed by atoms with van der Waals surface area (Å²) in [5.74, 6) is 0. The molecule has 0 aliphatic rings. The first-order chi connectivity index (χ1) is 19.2. The summed E-state index contributed by atoms with van der Waals surface area (Å²) in [5.41, 5.74) is 11.6. The average Bonchev–Trinajstić information content (AvgIpc) is 3.32. The molecule has 5 aromatic carbocycles. The van der Waals surface area contributed by atoms with Crippen molar-refractivity contribution < 1.29 is 0 Å². The largest absolute Gasteiger partial charge is 0.309 e. The molecule has 7 rings (SSSR count). The van der Waals surface area contributed by atoms with Crippen molar-refractivity contribution >= 4 is 21.8 Å². The van der Waals surface area contributed by atoms with Crippen molar-refractivity contribution in [3.8, 4) is 39.5 Å². The van der Waals surface area contributed by atoms with Crippen LogP contribution in [0.2, 0.25) is 0 Å². The van der Waals surface area contributed by atoms with Crippen molar-refractivity contribution in [3.63, 3.8) is 0 Å². The van der Waals surface area contributed by atoms with Crippen molar-refractivity contribution in [3.05, 3.63) is 139 Å². The van der Waals surface area contributed by atoms with Crippen molar-refractivity contribution in [2.75, 3.05) is 0 Å². The second-order valence-corrected chi connectivity index (χ2v) is 9.95. The van der Waals surface area contributed by atoms with E-state index in [0.29, 0.717) is 0 Å². The number of para-hydroxylation sites is 2. The lowest BCUT2D eigenvalue weighted by atomic mass is 10.00. The SMILES string of the molecule is Cc1ccccc1-c1nc(-c2ccccc2)c(-c2ccc(-n3c4ccccc4c4ccccc43)cc2)nc1C. The molecule has 39 heavy (non-hydrogen) atoms. The molecule has 0 fully saturated rings. The van der Waals surface area contributed by atoms with Gasteiger partial charge in [-0.3, -0.25) is 0 Å². The lowest BCUT2D eigenvalue weighted by Crippen LogP contribution is -2.01. The van der Waals surface area contributed by atoms with E-state index in [9.17, 15) is 0 Å². The third-order valence-corrected chi connectivity index (χ3v) is 7.50. The van der Waals surface area contributed by atoms with Gasteiger partial charge in [0, 0.05) is 33.2 Å². The number of fused-ring (bicyclic) bond motifs is 3. The molecular weight excluding hydrogens is 474 g/mol. The Balaban J connectivity index is 1.40. The van der Waals surface area contributed by atoms with Gasteiger partial charge in [0.05, 0.1) is 33.8 Å². The van der Waals surface area contributed by atoms with E-state index in [0.717, 1.165) is 45.2 Å². The first-order valence-electron chi connectivity index (χ1n) is 13.3. The second-order valence-electron chi connectivity index (χ2n) is 9.95. The summed E-state index contributed by atoms with van der Waals surface area (Å²) in [6.07, 6.45) is 0. The normalized spacial score (nSPS) is 11.3. The summed E-state index contributed by atoms with van der Waals surface area (Å²) in [6.45, 7) is 4.18. The van der Waals surface area contributed by atoms with Gasteiger partial charge >= 0.3 is 0 Å². The number of hydrogen-bond donors (Lipinski definition) is 0. The zero-order chi connectivity index (χ0) is 26.3. The monoisotopic (exact) mass is 501 g/mol. The van der Waals surface area contributed by atoms with Crippen LogP contribution in [0.15, 0.2) is 127 Å². The van der Waals surface area contributed by atoms with E-state index < -0.39 is 0 Å². The van der Waals surface area contributed by atoms with Gasteiger partial charge in [-0.1, -0.05) is 103 Å². The zero-order valence-electron chi connectivity index (χ0n) is 22.0. The highest BCUT2D eigenvalue weighted by Crippen LogP contribution is 2.36. The number of hydrogen-bond acceptors (Lipinski definition) is 2. The lowest BCUT2D eigenvalue weighted by Gasteiger charge is -2.15. The smallest absolute Gasteiger partial charge is 0.0973 e. The summed E-state index contributed by atoms with van der Waals surface area (Å²) >= 11 is 0. The Morgan fingerprint density at radius 3 is 1.67 bits per heavy atom. The van der Waals surface area contributed by atoms with Gasteiger partial charge in [-0.2, -0.15) is 0 Å². The summed E-state index contributed by atoms with van der Waals surface area (Å²) in [4.78, 5) is 10.4. The molecule has 0 aliphatic heterocycles. The quantitative estimate of drug-likeness (QED) is 0.241. The van der Waals surface area contributed by atoms with Gasteiger partial charge in [-0.25, -0.2) is 9.97 Å². The Labute approximate surface area is 228 Å². The summed E-state index contributed by atoms with van der Waals surface area (Å²) in [5, 5.41) is 2.52. The molecular formula is C36H27N3. The molecule has 0 saturated heterocycles. The van der Waals surface area contributed by atoms with Crippen LogP contribution in [-0.2, 0) is 0 Å². The van der Waals surface area contributed by atoms with Gasteiger partial charge in [0.15, 0.2) is 0 Å². The highest BCUT2D eigenvalue weighted by molar-refractivity contribution is 6.09. The maximum atomic E-state index is 5.24. The molecule has 0 atom stereocenters. The Morgan fingerprint density at radius 1 is 0.462 bits per heavy atom. The lowest BCUT2D eigenvalue weighted by molar-refractivity contribution is 1.13. The minimum atomic E-state index is 0.893. The number of benzene rings is 5. The van der Waals surface area contributed by atoms with E-state index in [4.69, 9.17) is 9.97 Å². The molecule has 3 heteroatoms. The van der Waals surface area contributed by atoms with Gasteiger partial charge < -0.3 is 4.57 Å². The molecule has 3 nitrogen and oxygen atoms in total. The Morgan fingerprint density at radius 2 is 1.00 bits per heavy atom. The van der Waals surface area contributed by atoms with Gasteiger partial charge in [0.25, 0.3) is 0 Å². The van der Waals surface area contributed by atoms with E-state index >= 15 is 0 Å². The van der Waals surface area contributed by atoms with Gasteiger partial charge in [-0.05, 0) is 43.7 Å². The third-order valence-electron chi connectivity index (χ3n) is 7.50. The molecule has 186 valence electrons. The first kappa shape index (κ1) is 23.1. The Bertz CT molecular complexity index is 1910. The molecule has 0 N–H and O–H groups in total. The minimum Gasteiger partial charge on any atom is -0.309 e. The molecule has 0 bridgehead atoms. The predicted octanol–water partition coefficient (Wildman–Crippen LogP) is 9.19. The first-order valence-corrected chi connectivity index (χ1v) is 13.3. The van der Waals surface area contributed by atoms with E-state index in [2.05, 4.69) is 140 Å². The Kier molecular flexibility index (Phi) is 5.56. The van der Waals surface area contributed by atoms with E-state index in [1.54, 1.807) is 0 Å². The maximum Gasteiger partial charge on any atom is 0.0973 e. The summed E-state index contributed by atoms with van der Waals surface area (Å²) < 4.78 is 2.34. The number of aryl methyl sites for hydroxylation is 2. The predicted molar refractivity (Wildman–Crippen MR) is 162 cm³/mol. The highest BCUT2D eigenvalue weighted by Gasteiger charge is 2.18. The molecule has 2 aromatic heterocycles. The van der Waals surface area contributed by atoms with Crippen LogP contribution in [0, 0.1) is 13.8 Å². The van der Waals surface area contributed by atoms with Gasteiger partial charge in [-0.15, -0.1) is 0 Å². The number of rotatable bonds is 4. The fourth-order valence-electron chi connectivity index (χ4n) is 5.58. The van der Waals surface area contributed by atoms with Crippen LogP contribution in [0.1, 0.15) is 11.3 Å². The average molecular weight is 502 g/mol. The van der Waals surface area contributed by atoms with Crippen molar-refractivity contribution in [2.24, 2.45) is 0 Å². The zero-order valence-corrected chi connectivity index (χ0v) is 22.0. The van der Waals surface area contributed by atoms with Crippen molar-refractivity contribution in [2.45, 2.75) is 13.8 Å².